The maximum atomic E-state index is 13.3. The van der Waals surface area contributed by atoms with Crippen LogP contribution in [0.1, 0.15) is 10.4 Å². The van der Waals surface area contributed by atoms with E-state index in [1.807, 2.05) is 14.1 Å². The number of carbonyl (C=O) groups excluding carboxylic acids is 2. The molecule has 1 aliphatic heterocycles. The van der Waals surface area contributed by atoms with Gasteiger partial charge in [-0.15, -0.1) is 0 Å². The largest absolute Gasteiger partial charge is 0.493 e. The average Bonchev–Trinajstić information content (AvgIpc) is 2.70. The SMILES string of the molecule is COc1cc(C(=O)N2CC(N(C)C)C2)cc(NC(=O)COc2cccc(F)c2)c1OC. The molecule has 0 radical (unpaired) electrons. The van der Waals surface area contributed by atoms with Gasteiger partial charge < -0.3 is 29.3 Å². The number of nitrogens with zero attached hydrogens (tertiary/aromatic N) is 2. The van der Waals surface area contributed by atoms with Crippen LogP contribution < -0.4 is 19.5 Å². The minimum Gasteiger partial charge on any atom is -0.493 e. The van der Waals surface area contributed by atoms with Gasteiger partial charge in [0, 0.05) is 30.8 Å². The van der Waals surface area contributed by atoms with Crippen LogP contribution in [0.2, 0.25) is 0 Å². The Balaban J connectivity index is 1.74. The second kappa shape index (κ2) is 9.65. The summed E-state index contributed by atoms with van der Waals surface area (Å²) >= 11 is 0. The van der Waals surface area contributed by atoms with E-state index in [1.54, 1.807) is 23.1 Å². The lowest BCUT2D eigenvalue weighted by Gasteiger charge is -2.42. The number of rotatable bonds is 8. The van der Waals surface area contributed by atoms with Gasteiger partial charge in [0.25, 0.3) is 11.8 Å². The number of halogens is 1. The van der Waals surface area contributed by atoms with E-state index in [-0.39, 0.29) is 29.7 Å². The predicted octanol–water partition coefficient (Wildman–Crippen LogP) is 2.25. The molecule has 9 heteroatoms. The van der Waals surface area contributed by atoms with E-state index in [0.717, 1.165) is 0 Å². The second-order valence-corrected chi connectivity index (χ2v) is 7.38. The fourth-order valence-electron chi connectivity index (χ4n) is 3.20. The number of hydrogen-bond acceptors (Lipinski definition) is 6. The number of benzene rings is 2. The van der Waals surface area contributed by atoms with Crippen LogP contribution in [-0.2, 0) is 4.79 Å². The monoisotopic (exact) mass is 431 g/mol. The van der Waals surface area contributed by atoms with E-state index in [9.17, 15) is 14.0 Å². The van der Waals surface area contributed by atoms with Crippen molar-refractivity contribution in [3.8, 4) is 17.2 Å². The Bertz CT molecular complexity index is 960. The number of anilines is 1. The Hall–Kier alpha value is -3.33. The molecule has 166 valence electrons. The summed E-state index contributed by atoms with van der Waals surface area (Å²) in [5.41, 5.74) is 0.652. The van der Waals surface area contributed by atoms with Crippen LogP contribution in [0.5, 0.6) is 17.2 Å². The number of methoxy groups -OCH3 is 2. The molecule has 2 aromatic carbocycles. The first kappa shape index (κ1) is 22.4. The molecule has 3 rings (SSSR count). The lowest BCUT2D eigenvalue weighted by Crippen LogP contribution is -2.59. The van der Waals surface area contributed by atoms with E-state index >= 15 is 0 Å². The number of amides is 2. The molecule has 2 amide bonds. The van der Waals surface area contributed by atoms with Crippen molar-refractivity contribution in [1.29, 1.82) is 0 Å². The number of likely N-dealkylation sites (tertiary alicyclic amines) is 1. The van der Waals surface area contributed by atoms with Crippen molar-refractivity contribution in [3.63, 3.8) is 0 Å². The van der Waals surface area contributed by atoms with Crippen LogP contribution in [0.15, 0.2) is 36.4 Å². The molecule has 1 heterocycles. The number of hydrogen-bond donors (Lipinski definition) is 1. The molecule has 1 saturated heterocycles. The molecule has 1 fully saturated rings. The van der Waals surface area contributed by atoms with Crippen molar-refractivity contribution in [3.05, 3.63) is 47.8 Å². The zero-order chi connectivity index (χ0) is 22.5. The first-order chi connectivity index (χ1) is 14.8. The summed E-state index contributed by atoms with van der Waals surface area (Å²) in [7, 11) is 6.84. The number of ether oxygens (including phenoxy) is 3. The van der Waals surface area contributed by atoms with Gasteiger partial charge in [-0.05, 0) is 38.4 Å². The molecule has 1 aliphatic rings. The van der Waals surface area contributed by atoms with Gasteiger partial charge in [0.1, 0.15) is 11.6 Å². The molecular weight excluding hydrogens is 405 g/mol. The van der Waals surface area contributed by atoms with Crippen LogP contribution >= 0.6 is 0 Å². The fraction of sp³-hybridized carbons (Fsp3) is 0.364. The topological polar surface area (TPSA) is 80.3 Å². The van der Waals surface area contributed by atoms with E-state index in [0.29, 0.717) is 30.4 Å². The summed E-state index contributed by atoms with van der Waals surface area (Å²) in [4.78, 5) is 29.1. The summed E-state index contributed by atoms with van der Waals surface area (Å²) in [5.74, 6) is -0.279. The highest BCUT2D eigenvalue weighted by Crippen LogP contribution is 2.37. The Morgan fingerprint density at radius 2 is 1.90 bits per heavy atom. The van der Waals surface area contributed by atoms with Crippen molar-refractivity contribution in [1.82, 2.24) is 9.80 Å². The van der Waals surface area contributed by atoms with Gasteiger partial charge in [-0.1, -0.05) is 6.07 Å². The Labute approximate surface area is 180 Å². The smallest absolute Gasteiger partial charge is 0.262 e. The zero-order valence-corrected chi connectivity index (χ0v) is 18.0. The molecule has 0 aromatic heterocycles. The summed E-state index contributed by atoms with van der Waals surface area (Å²) in [6, 6.07) is 8.96. The minimum atomic E-state index is -0.495. The minimum absolute atomic E-state index is 0.162. The third-order valence-electron chi connectivity index (χ3n) is 5.05. The zero-order valence-electron chi connectivity index (χ0n) is 18.0. The molecule has 0 saturated carbocycles. The van der Waals surface area contributed by atoms with E-state index < -0.39 is 11.7 Å². The van der Waals surface area contributed by atoms with Gasteiger partial charge in [-0.3, -0.25) is 9.59 Å². The van der Waals surface area contributed by atoms with Crippen LogP contribution in [-0.4, -0.2) is 75.7 Å². The molecule has 0 unspecified atom stereocenters. The van der Waals surface area contributed by atoms with Crippen LogP contribution in [0.25, 0.3) is 0 Å². The quantitative estimate of drug-likeness (QED) is 0.691. The highest BCUT2D eigenvalue weighted by Gasteiger charge is 2.33. The average molecular weight is 431 g/mol. The molecule has 8 nitrogen and oxygen atoms in total. The Kier molecular flexibility index (Phi) is 6.96. The molecule has 2 aromatic rings. The molecule has 31 heavy (non-hydrogen) atoms. The summed E-state index contributed by atoms with van der Waals surface area (Å²) in [6.45, 7) is 0.913. The Morgan fingerprint density at radius 3 is 2.52 bits per heavy atom. The lowest BCUT2D eigenvalue weighted by molar-refractivity contribution is -0.118. The van der Waals surface area contributed by atoms with Crippen LogP contribution in [0.4, 0.5) is 10.1 Å². The maximum Gasteiger partial charge on any atom is 0.262 e. The Morgan fingerprint density at radius 1 is 1.16 bits per heavy atom. The maximum absolute atomic E-state index is 13.3. The van der Waals surface area contributed by atoms with Crippen molar-refractivity contribution >= 4 is 17.5 Å². The third-order valence-corrected chi connectivity index (χ3v) is 5.05. The predicted molar refractivity (Wildman–Crippen MR) is 113 cm³/mol. The second-order valence-electron chi connectivity index (χ2n) is 7.38. The van der Waals surface area contributed by atoms with E-state index in [2.05, 4.69) is 10.2 Å². The first-order valence-electron chi connectivity index (χ1n) is 9.72. The van der Waals surface area contributed by atoms with E-state index in [1.165, 1.54) is 32.4 Å². The van der Waals surface area contributed by atoms with Crippen LogP contribution in [0, 0.1) is 5.82 Å². The first-order valence-corrected chi connectivity index (χ1v) is 9.72. The highest BCUT2D eigenvalue weighted by atomic mass is 19.1. The molecule has 0 spiro atoms. The molecular formula is C22H26FN3O5. The summed E-state index contributed by atoms with van der Waals surface area (Å²) in [6.07, 6.45) is 0. The van der Waals surface area contributed by atoms with E-state index in [4.69, 9.17) is 14.2 Å². The van der Waals surface area contributed by atoms with Gasteiger partial charge in [0.2, 0.25) is 0 Å². The summed E-state index contributed by atoms with van der Waals surface area (Å²) in [5, 5.41) is 2.68. The molecule has 0 atom stereocenters. The van der Waals surface area contributed by atoms with Gasteiger partial charge >= 0.3 is 0 Å². The summed E-state index contributed by atoms with van der Waals surface area (Å²) < 4.78 is 29.3. The van der Waals surface area contributed by atoms with Gasteiger partial charge in [-0.2, -0.15) is 0 Å². The third kappa shape index (κ3) is 5.24. The number of nitrogens with one attached hydrogen (secondary N) is 1. The molecule has 1 N–H and O–H groups in total. The standard InChI is InChI=1S/C22H26FN3O5/c1-25(2)16-11-26(12-16)22(28)14-8-18(21(30-4)19(9-14)29-3)24-20(27)13-31-17-7-5-6-15(23)10-17/h5-10,16H,11-13H2,1-4H3,(H,24,27). The van der Waals surface area contributed by atoms with Gasteiger partial charge in [-0.25, -0.2) is 4.39 Å². The lowest BCUT2D eigenvalue weighted by atomic mass is 10.0. The van der Waals surface area contributed by atoms with Crippen LogP contribution in [0.3, 0.4) is 0 Å². The molecule has 0 bridgehead atoms. The molecule has 0 aliphatic carbocycles. The number of carbonyl (C=O) groups is 2. The van der Waals surface area contributed by atoms with Gasteiger partial charge in [0.15, 0.2) is 18.1 Å². The fourth-order valence-corrected chi connectivity index (χ4v) is 3.20. The van der Waals surface area contributed by atoms with Crippen molar-refractivity contribution in [2.75, 3.05) is 53.3 Å². The normalized spacial score (nSPS) is 13.5. The van der Waals surface area contributed by atoms with Gasteiger partial charge in [0.05, 0.1) is 19.9 Å². The van der Waals surface area contributed by atoms with Crippen molar-refractivity contribution in [2.24, 2.45) is 0 Å². The van der Waals surface area contributed by atoms with Crippen molar-refractivity contribution < 1.29 is 28.2 Å². The highest BCUT2D eigenvalue weighted by molar-refractivity contribution is 6.00. The number of likely N-dealkylation sites (N-methyl/N-ethyl adjacent to an activating group) is 1. The van der Waals surface area contributed by atoms with Crippen molar-refractivity contribution in [2.45, 2.75) is 6.04 Å².